The number of likely N-dealkylation sites (N-methyl/N-ethyl adjacent to an activating group) is 1. The van der Waals surface area contributed by atoms with Crippen molar-refractivity contribution >= 4 is 43.6 Å². The molecule has 0 bridgehead atoms. The fourth-order valence-electron chi connectivity index (χ4n) is 5.04. The van der Waals surface area contributed by atoms with Gasteiger partial charge < -0.3 is 28.4 Å². The molecular weight excluding hydrogens is 514 g/mol. The lowest BCUT2D eigenvalue weighted by Crippen LogP contribution is -2.38. The number of aromatic nitrogens is 4. The standard InChI is InChI=1S/C25H26BrN5O4/c1-25(2)34-20-19(12-30(3)16-6-5-14-9-15(26)11-27-18(14)10-16)33-24(21(20)35-25)31-8-7-17-22(31)28-13-29-23(17)32-4/h5-11,13,19-21,24H,12H2,1-4H3/t19-,20-,21-,24-/m1/s1. The van der Waals surface area contributed by atoms with E-state index in [2.05, 4.69) is 67.1 Å². The molecule has 4 aromatic rings. The molecule has 6 rings (SSSR count). The topological polar surface area (TPSA) is 83.8 Å². The van der Waals surface area contributed by atoms with E-state index in [1.807, 2.05) is 36.9 Å². The Labute approximate surface area is 211 Å². The van der Waals surface area contributed by atoms with E-state index in [1.165, 1.54) is 6.33 Å². The Bertz CT molecular complexity index is 1410. The summed E-state index contributed by atoms with van der Waals surface area (Å²) in [5.74, 6) is -0.176. The number of nitrogens with zero attached hydrogens (tertiary/aromatic N) is 5. The summed E-state index contributed by atoms with van der Waals surface area (Å²) in [5, 5.41) is 1.91. The Balaban J connectivity index is 1.30. The molecule has 5 heterocycles. The Morgan fingerprint density at radius 3 is 2.77 bits per heavy atom. The zero-order valence-electron chi connectivity index (χ0n) is 19.9. The lowest BCUT2D eigenvalue weighted by molar-refractivity contribution is -0.195. The average molecular weight is 540 g/mol. The molecule has 10 heteroatoms. The van der Waals surface area contributed by atoms with Gasteiger partial charge in [-0.05, 0) is 54.0 Å². The van der Waals surface area contributed by atoms with Crippen molar-refractivity contribution < 1.29 is 18.9 Å². The van der Waals surface area contributed by atoms with Gasteiger partial charge in [0.1, 0.15) is 30.3 Å². The van der Waals surface area contributed by atoms with Crippen LogP contribution in [-0.4, -0.2) is 64.3 Å². The second-order valence-electron chi connectivity index (χ2n) is 9.38. The summed E-state index contributed by atoms with van der Waals surface area (Å²) >= 11 is 3.49. The molecule has 0 saturated carbocycles. The normalized spacial score (nSPS) is 25.3. The summed E-state index contributed by atoms with van der Waals surface area (Å²) in [4.78, 5) is 15.4. The molecule has 2 aliphatic rings. The summed E-state index contributed by atoms with van der Waals surface area (Å²) in [7, 11) is 3.65. The predicted octanol–water partition coefficient (Wildman–Crippen LogP) is 4.30. The molecule has 1 aromatic carbocycles. The van der Waals surface area contributed by atoms with Gasteiger partial charge in [0, 0.05) is 41.5 Å². The predicted molar refractivity (Wildman–Crippen MR) is 135 cm³/mol. The fourth-order valence-corrected chi connectivity index (χ4v) is 5.39. The van der Waals surface area contributed by atoms with Gasteiger partial charge in [0.05, 0.1) is 18.0 Å². The second-order valence-corrected chi connectivity index (χ2v) is 10.3. The SMILES string of the molecule is COc1ncnc2c1ccn2[C@@H]1O[C@H](CN(C)c2ccc3cc(Br)cnc3c2)[C@H]2OC(C)(C)O[C@H]21. The fraction of sp³-hybridized carbons (Fsp3) is 0.400. The second kappa shape index (κ2) is 8.41. The van der Waals surface area contributed by atoms with E-state index in [-0.39, 0.29) is 18.3 Å². The van der Waals surface area contributed by atoms with Crippen molar-refractivity contribution in [2.24, 2.45) is 0 Å². The maximum absolute atomic E-state index is 6.59. The first-order valence-corrected chi connectivity index (χ1v) is 12.3. The van der Waals surface area contributed by atoms with E-state index in [0.29, 0.717) is 12.4 Å². The summed E-state index contributed by atoms with van der Waals surface area (Å²) < 4.78 is 27.6. The summed E-state index contributed by atoms with van der Waals surface area (Å²) in [5.41, 5.74) is 2.72. The third-order valence-corrected chi connectivity index (χ3v) is 7.03. The molecule has 0 N–H and O–H groups in total. The number of anilines is 1. The number of ether oxygens (including phenoxy) is 4. The van der Waals surface area contributed by atoms with E-state index in [0.717, 1.165) is 32.1 Å². The highest BCUT2D eigenvalue weighted by Crippen LogP contribution is 2.44. The molecule has 3 aromatic heterocycles. The van der Waals surface area contributed by atoms with Crippen LogP contribution in [-0.2, 0) is 14.2 Å². The lowest BCUT2D eigenvalue weighted by atomic mass is 10.1. The average Bonchev–Trinajstić information content (AvgIpc) is 3.49. The smallest absolute Gasteiger partial charge is 0.225 e. The number of benzene rings is 1. The van der Waals surface area contributed by atoms with Crippen LogP contribution in [0, 0.1) is 0 Å². The number of hydrogen-bond donors (Lipinski definition) is 0. The van der Waals surface area contributed by atoms with Crippen LogP contribution in [0.3, 0.4) is 0 Å². The molecule has 0 unspecified atom stereocenters. The van der Waals surface area contributed by atoms with Crippen molar-refractivity contribution in [3.05, 3.63) is 53.5 Å². The van der Waals surface area contributed by atoms with Gasteiger partial charge in [-0.3, -0.25) is 4.98 Å². The van der Waals surface area contributed by atoms with Gasteiger partial charge in [0.25, 0.3) is 0 Å². The van der Waals surface area contributed by atoms with Gasteiger partial charge >= 0.3 is 0 Å². The first-order chi connectivity index (χ1) is 16.8. The van der Waals surface area contributed by atoms with E-state index in [4.69, 9.17) is 18.9 Å². The Kier molecular flexibility index (Phi) is 5.44. The Morgan fingerprint density at radius 2 is 1.94 bits per heavy atom. The zero-order valence-corrected chi connectivity index (χ0v) is 21.5. The van der Waals surface area contributed by atoms with Crippen molar-refractivity contribution in [3.63, 3.8) is 0 Å². The minimum Gasteiger partial charge on any atom is -0.480 e. The minimum atomic E-state index is -0.704. The highest BCUT2D eigenvalue weighted by molar-refractivity contribution is 9.10. The molecular formula is C25H26BrN5O4. The third kappa shape index (κ3) is 3.94. The molecule has 0 aliphatic carbocycles. The van der Waals surface area contributed by atoms with E-state index < -0.39 is 12.0 Å². The van der Waals surface area contributed by atoms with Crippen LogP contribution in [0.1, 0.15) is 20.1 Å². The van der Waals surface area contributed by atoms with Crippen molar-refractivity contribution in [1.29, 1.82) is 0 Å². The van der Waals surface area contributed by atoms with Gasteiger partial charge in [-0.1, -0.05) is 6.07 Å². The third-order valence-electron chi connectivity index (χ3n) is 6.59. The van der Waals surface area contributed by atoms with Gasteiger partial charge in [-0.2, -0.15) is 0 Å². The van der Waals surface area contributed by atoms with Crippen molar-refractivity contribution in [3.8, 4) is 5.88 Å². The van der Waals surface area contributed by atoms with Crippen LogP contribution in [0.2, 0.25) is 0 Å². The number of rotatable bonds is 5. The van der Waals surface area contributed by atoms with Crippen molar-refractivity contribution in [1.82, 2.24) is 19.5 Å². The number of pyridine rings is 1. The maximum atomic E-state index is 6.59. The first kappa shape index (κ1) is 22.7. The van der Waals surface area contributed by atoms with Gasteiger partial charge in [-0.15, -0.1) is 0 Å². The molecule has 9 nitrogen and oxygen atoms in total. The molecule has 0 spiro atoms. The largest absolute Gasteiger partial charge is 0.480 e. The van der Waals surface area contributed by atoms with Gasteiger partial charge in [0.2, 0.25) is 5.88 Å². The Hall–Kier alpha value is -2.79. The van der Waals surface area contributed by atoms with Crippen molar-refractivity contribution in [2.75, 3.05) is 25.6 Å². The quantitative estimate of drug-likeness (QED) is 0.371. The molecule has 35 heavy (non-hydrogen) atoms. The number of fused-ring (bicyclic) bond motifs is 3. The maximum Gasteiger partial charge on any atom is 0.225 e. The molecule has 182 valence electrons. The molecule has 2 fully saturated rings. The van der Waals surface area contributed by atoms with Crippen LogP contribution < -0.4 is 9.64 Å². The highest BCUT2D eigenvalue weighted by atomic mass is 79.9. The highest BCUT2D eigenvalue weighted by Gasteiger charge is 2.56. The summed E-state index contributed by atoms with van der Waals surface area (Å²) in [6.45, 7) is 4.50. The van der Waals surface area contributed by atoms with Crippen LogP contribution >= 0.6 is 15.9 Å². The molecule has 2 aliphatic heterocycles. The Morgan fingerprint density at radius 1 is 1.11 bits per heavy atom. The van der Waals surface area contributed by atoms with Crippen molar-refractivity contribution in [2.45, 2.75) is 44.2 Å². The van der Waals surface area contributed by atoms with Gasteiger partial charge in [-0.25, -0.2) is 9.97 Å². The van der Waals surface area contributed by atoms with Crippen LogP contribution in [0.25, 0.3) is 21.9 Å². The van der Waals surface area contributed by atoms with E-state index in [1.54, 1.807) is 7.11 Å². The van der Waals surface area contributed by atoms with Crippen LogP contribution in [0.5, 0.6) is 5.88 Å². The zero-order chi connectivity index (χ0) is 24.3. The number of halogens is 1. The van der Waals surface area contributed by atoms with E-state index >= 15 is 0 Å². The minimum absolute atomic E-state index is 0.216. The van der Waals surface area contributed by atoms with E-state index in [9.17, 15) is 0 Å². The molecule has 0 radical (unpaired) electrons. The van der Waals surface area contributed by atoms with Crippen LogP contribution in [0.15, 0.2) is 53.5 Å². The molecule has 2 saturated heterocycles. The monoisotopic (exact) mass is 539 g/mol. The van der Waals surface area contributed by atoms with Crippen LogP contribution in [0.4, 0.5) is 5.69 Å². The number of hydrogen-bond acceptors (Lipinski definition) is 8. The van der Waals surface area contributed by atoms with Gasteiger partial charge in [0.15, 0.2) is 12.0 Å². The lowest BCUT2D eigenvalue weighted by Gasteiger charge is -2.28. The number of methoxy groups -OCH3 is 1. The summed E-state index contributed by atoms with van der Waals surface area (Å²) in [6.07, 6.45) is 4.13. The first-order valence-electron chi connectivity index (χ1n) is 11.5. The summed E-state index contributed by atoms with van der Waals surface area (Å²) in [6, 6.07) is 10.3. The molecule has 4 atom stereocenters. The molecule has 0 amide bonds.